The molecule has 0 heterocycles. The first kappa shape index (κ1) is 13.6. The predicted molar refractivity (Wildman–Crippen MR) is 86.3 cm³/mol. The number of benzene rings is 2. The Morgan fingerprint density at radius 2 is 1.74 bits per heavy atom. The van der Waals surface area contributed by atoms with Crippen LogP contribution in [0.3, 0.4) is 0 Å². The largest absolute Gasteiger partial charge is 0.389 e. The first-order valence-corrected chi connectivity index (χ1v) is 6.63. The van der Waals surface area contributed by atoms with Gasteiger partial charge in [-0.3, -0.25) is 0 Å². The standard InChI is InChI=1S/C16H18N2S/c1-10-4-7-15(12(3)8-10)18-13-5-6-14(16(17)19)11(2)9-13/h4-9,18H,1-3H3,(H2,17,19). The molecule has 2 aromatic carbocycles. The normalized spacial score (nSPS) is 10.3. The van der Waals surface area contributed by atoms with Crippen molar-refractivity contribution in [3.63, 3.8) is 0 Å². The SMILES string of the molecule is Cc1ccc(Nc2ccc(C(N)=S)c(C)c2)c(C)c1. The van der Waals surface area contributed by atoms with Crippen molar-refractivity contribution in [3.05, 3.63) is 58.7 Å². The molecule has 0 unspecified atom stereocenters. The van der Waals surface area contributed by atoms with E-state index in [1.165, 1.54) is 11.1 Å². The fourth-order valence-corrected chi connectivity index (χ4v) is 2.36. The number of thiocarbonyl (C=S) groups is 1. The maximum Gasteiger partial charge on any atom is 0.104 e. The smallest absolute Gasteiger partial charge is 0.104 e. The molecular weight excluding hydrogens is 252 g/mol. The topological polar surface area (TPSA) is 38.0 Å². The highest BCUT2D eigenvalue weighted by molar-refractivity contribution is 7.80. The van der Waals surface area contributed by atoms with Crippen molar-refractivity contribution < 1.29 is 0 Å². The zero-order chi connectivity index (χ0) is 14.0. The molecule has 0 saturated carbocycles. The second-order valence-corrected chi connectivity index (χ2v) is 5.28. The van der Waals surface area contributed by atoms with Gasteiger partial charge in [0.15, 0.2) is 0 Å². The Bertz CT molecular complexity index is 633. The summed E-state index contributed by atoms with van der Waals surface area (Å²) < 4.78 is 0. The van der Waals surface area contributed by atoms with Crippen LogP contribution in [0, 0.1) is 20.8 Å². The third kappa shape index (κ3) is 3.12. The minimum absolute atomic E-state index is 0.440. The van der Waals surface area contributed by atoms with E-state index < -0.39 is 0 Å². The van der Waals surface area contributed by atoms with Crippen LogP contribution in [-0.2, 0) is 0 Å². The first-order valence-electron chi connectivity index (χ1n) is 6.22. The second-order valence-electron chi connectivity index (χ2n) is 4.84. The van der Waals surface area contributed by atoms with Gasteiger partial charge in [0.25, 0.3) is 0 Å². The molecule has 3 N–H and O–H groups in total. The summed E-state index contributed by atoms with van der Waals surface area (Å²) in [4.78, 5) is 0.440. The molecular formula is C16H18N2S. The Labute approximate surface area is 119 Å². The molecule has 0 aliphatic rings. The number of aryl methyl sites for hydroxylation is 3. The Morgan fingerprint density at radius 3 is 2.32 bits per heavy atom. The highest BCUT2D eigenvalue weighted by Crippen LogP contribution is 2.23. The van der Waals surface area contributed by atoms with Gasteiger partial charge in [-0.2, -0.15) is 0 Å². The van der Waals surface area contributed by atoms with E-state index >= 15 is 0 Å². The molecule has 0 saturated heterocycles. The van der Waals surface area contributed by atoms with E-state index in [9.17, 15) is 0 Å². The first-order chi connectivity index (χ1) is 8.97. The zero-order valence-electron chi connectivity index (χ0n) is 11.4. The highest BCUT2D eigenvalue weighted by atomic mass is 32.1. The lowest BCUT2D eigenvalue weighted by atomic mass is 10.1. The van der Waals surface area contributed by atoms with Crippen LogP contribution in [0.15, 0.2) is 36.4 Å². The van der Waals surface area contributed by atoms with E-state index in [4.69, 9.17) is 18.0 Å². The molecule has 0 aromatic heterocycles. The van der Waals surface area contributed by atoms with E-state index in [-0.39, 0.29) is 0 Å². The van der Waals surface area contributed by atoms with Crippen LogP contribution in [-0.4, -0.2) is 4.99 Å². The van der Waals surface area contributed by atoms with Crippen LogP contribution < -0.4 is 11.1 Å². The lowest BCUT2D eigenvalue weighted by Gasteiger charge is -2.12. The number of hydrogen-bond donors (Lipinski definition) is 2. The summed E-state index contributed by atoms with van der Waals surface area (Å²) in [5, 5.41) is 3.42. The lowest BCUT2D eigenvalue weighted by Crippen LogP contribution is -2.11. The number of hydrogen-bond acceptors (Lipinski definition) is 2. The molecule has 0 fully saturated rings. The summed E-state index contributed by atoms with van der Waals surface area (Å²) in [5.74, 6) is 0. The van der Waals surface area contributed by atoms with Crippen molar-refractivity contribution in [1.29, 1.82) is 0 Å². The van der Waals surface area contributed by atoms with Crippen molar-refractivity contribution in [2.24, 2.45) is 5.73 Å². The summed E-state index contributed by atoms with van der Waals surface area (Å²) in [6.45, 7) is 6.21. The number of nitrogens with one attached hydrogen (secondary N) is 1. The molecule has 2 nitrogen and oxygen atoms in total. The molecule has 98 valence electrons. The quantitative estimate of drug-likeness (QED) is 0.828. The molecule has 2 rings (SSSR count). The maximum absolute atomic E-state index is 5.67. The van der Waals surface area contributed by atoms with Crippen LogP contribution in [0.4, 0.5) is 11.4 Å². The molecule has 0 atom stereocenters. The highest BCUT2D eigenvalue weighted by Gasteiger charge is 2.04. The zero-order valence-corrected chi connectivity index (χ0v) is 12.3. The van der Waals surface area contributed by atoms with Gasteiger partial charge in [-0.15, -0.1) is 0 Å². The third-order valence-corrected chi connectivity index (χ3v) is 3.37. The molecule has 0 amide bonds. The van der Waals surface area contributed by atoms with Gasteiger partial charge in [0.05, 0.1) is 0 Å². The van der Waals surface area contributed by atoms with Gasteiger partial charge >= 0.3 is 0 Å². The summed E-state index contributed by atoms with van der Waals surface area (Å²) in [7, 11) is 0. The van der Waals surface area contributed by atoms with Crippen LogP contribution in [0.5, 0.6) is 0 Å². The van der Waals surface area contributed by atoms with Gasteiger partial charge in [-0.05, 0) is 56.2 Å². The van der Waals surface area contributed by atoms with E-state index in [0.717, 1.165) is 22.5 Å². The second kappa shape index (κ2) is 5.41. The molecule has 0 aliphatic heterocycles. The average Bonchev–Trinajstić information content (AvgIpc) is 2.32. The number of rotatable bonds is 3. The minimum atomic E-state index is 0.440. The fraction of sp³-hybridized carbons (Fsp3) is 0.188. The van der Waals surface area contributed by atoms with E-state index in [1.54, 1.807) is 0 Å². The number of nitrogens with two attached hydrogens (primary N) is 1. The summed E-state index contributed by atoms with van der Waals surface area (Å²) in [6, 6.07) is 12.4. The van der Waals surface area contributed by atoms with Gasteiger partial charge in [0.2, 0.25) is 0 Å². The van der Waals surface area contributed by atoms with E-state index in [0.29, 0.717) is 4.99 Å². The Balaban J connectivity index is 2.29. The molecule has 19 heavy (non-hydrogen) atoms. The van der Waals surface area contributed by atoms with Gasteiger partial charge in [-0.1, -0.05) is 29.9 Å². The predicted octanol–water partition coefficient (Wildman–Crippen LogP) is 3.99. The average molecular weight is 270 g/mol. The van der Waals surface area contributed by atoms with Gasteiger partial charge in [-0.25, -0.2) is 0 Å². The minimum Gasteiger partial charge on any atom is -0.389 e. The summed E-state index contributed by atoms with van der Waals surface area (Å²) in [6.07, 6.45) is 0. The van der Waals surface area contributed by atoms with Crippen LogP contribution in [0.2, 0.25) is 0 Å². The van der Waals surface area contributed by atoms with Crippen molar-refractivity contribution >= 4 is 28.6 Å². The van der Waals surface area contributed by atoms with Crippen molar-refractivity contribution in [2.45, 2.75) is 20.8 Å². The lowest BCUT2D eigenvalue weighted by molar-refractivity contribution is 1.36. The molecule has 0 bridgehead atoms. The van der Waals surface area contributed by atoms with Crippen LogP contribution in [0.25, 0.3) is 0 Å². The number of anilines is 2. The molecule has 2 aromatic rings. The summed E-state index contributed by atoms with van der Waals surface area (Å²) in [5.41, 5.74) is 12.3. The van der Waals surface area contributed by atoms with Gasteiger partial charge < -0.3 is 11.1 Å². The molecule has 0 radical (unpaired) electrons. The molecule has 3 heteroatoms. The fourth-order valence-electron chi connectivity index (χ4n) is 2.13. The summed E-state index contributed by atoms with van der Waals surface area (Å²) >= 11 is 5.02. The van der Waals surface area contributed by atoms with E-state index in [1.807, 2.05) is 19.1 Å². The van der Waals surface area contributed by atoms with Crippen LogP contribution in [0.1, 0.15) is 22.3 Å². The van der Waals surface area contributed by atoms with Crippen LogP contribution >= 0.6 is 12.2 Å². The molecule has 0 spiro atoms. The maximum atomic E-state index is 5.67. The van der Waals surface area contributed by atoms with Crippen molar-refractivity contribution in [3.8, 4) is 0 Å². The van der Waals surface area contributed by atoms with Crippen molar-refractivity contribution in [2.75, 3.05) is 5.32 Å². The van der Waals surface area contributed by atoms with Gasteiger partial charge in [0.1, 0.15) is 4.99 Å². The Morgan fingerprint density at radius 1 is 1.00 bits per heavy atom. The van der Waals surface area contributed by atoms with E-state index in [2.05, 4.69) is 43.4 Å². The third-order valence-electron chi connectivity index (χ3n) is 3.15. The monoisotopic (exact) mass is 270 g/mol. The Hall–Kier alpha value is -1.87. The van der Waals surface area contributed by atoms with Gasteiger partial charge in [0, 0.05) is 16.9 Å². The Kier molecular flexibility index (Phi) is 3.86. The van der Waals surface area contributed by atoms with Crippen molar-refractivity contribution in [1.82, 2.24) is 0 Å². The molecule has 0 aliphatic carbocycles.